The molecule has 1 saturated heterocycles. The van der Waals surface area contributed by atoms with Crippen molar-refractivity contribution in [3.8, 4) is 0 Å². The Morgan fingerprint density at radius 3 is 2.22 bits per heavy atom. The van der Waals surface area contributed by atoms with Crippen molar-refractivity contribution in [1.29, 1.82) is 0 Å². The predicted molar refractivity (Wildman–Crippen MR) is 64.5 cm³/mol. The Bertz CT molecular complexity index is 360. The third-order valence-corrected chi connectivity index (χ3v) is 4.43. The normalized spacial score (nSPS) is 29.3. The Morgan fingerprint density at radius 2 is 1.83 bits per heavy atom. The number of nitrogens with zero attached hydrogens (tertiary/aromatic N) is 1. The summed E-state index contributed by atoms with van der Waals surface area (Å²) in [4.78, 5) is 36.4. The van der Waals surface area contributed by atoms with Crippen LogP contribution in [0.25, 0.3) is 0 Å². The summed E-state index contributed by atoms with van der Waals surface area (Å²) >= 11 is 1.30. The van der Waals surface area contributed by atoms with Gasteiger partial charge in [0, 0.05) is 5.75 Å². The van der Waals surface area contributed by atoms with Crippen LogP contribution in [0, 0.1) is 11.8 Å². The Balaban J connectivity index is 2.24. The minimum Gasteiger partial charge on any atom is -0.548 e. The van der Waals surface area contributed by atoms with E-state index in [0.29, 0.717) is 12.8 Å². The van der Waals surface area contributed by atoms with Crippen molar-refractivity contribution in [3.63, 3.8) is 0 Å². The second-order valence-corrected chi connectivity index (χ2v) is 5.74. The summed E-state index contributed by atoms with van der Waals surface area (Å²) in [5, 5.41) is 11.1. The second kappa shape index (κ2) is 5.30. The van der Waals surface area contributed by atoms with Gasteiger partial charge in [-0.1, -0.05) is 12.8 Å². The number of rotatable bonds is 4. The van der Waals surface area contributed by atoms with E-state index in [4.69, 9.17) is 0 Å². The van der Waals surface area contributed by atoms with Crippen molar-refractivity contribution in [3.05, 3.63) is 0 Å². The second-order valence-electron chi connectivity index (χ2n) is 4.83. The number of carbonyl (C=O) groups excluding carboxylic acids is 3. The van der Waals surface area contributed by atoms with Gasteiger partial charge in [-0.2, -0.15) is 11.8 Å². The number of carbonyl (C=O) groups is 3. The first-order valence-corrected chi connectivity index (χ1v) is 7.54. The number of likely N-dealkylation sites (tertiary alicyclic amines) is 1. The molecule has 1 aliphatic heterocycles. The van der Waals surface area contributed by atoms with E-state index in [2.05, 4.69) is 0 Å². The molecule has 0 radical (unpaired) electrons. The van der Waals surface area contributed by atoms with E-state index in [0.717, 1.165) is 17.7 Å². The highest BCUT2D eigenvalue weighted by Crippen LogP contribution is 2.39. The Kier molecular flexibility index (Phi) is 3.94. The molecule has 0 N–H and O–H groups in total. The molecule has 5 nitrogen and oxygen atoms in total. The molecule has 3 atom stereocenters. The van der Waals surface area contributed by atoms with E-state index in [1.807, 2.05) is 0 Å². The molecular weight excluding hydrogens is 254 g/mol. The van der Waals surface area contributed by atoms with Crippen LogP contribution < -0.4 is 5.11 Å². The monoisotopic (exact) mass is 270 g/mol. The molecule has 2 amide bonds. The van der Waals surface area contributed by atoms with Gasteiger partial charge in [-0.25, -0.2) is 0 Å². The number of aliphatic carboxylic acids is 1. The average molecular weight is 270 g/mol. The van der Waals surface area contributed by atoms with Gasteiger partial charge < -0.3 is 9.90 Å². The van der Waals surface area contributed by atoms with Crippen molar-refractivity contribution in [1.82, 2.24) is 4.90 Å². The van der Waals surface area contributed by atoms with Crippen LogP contribution in [0.15, 0.2) is 0 Å². The van der Waals surface area contributed by atoms with Crippen LogP contribution in [-0.2, 0) is 14.4 Å². The lowest BCUT2D eigenvalue weighted by Crippen LogP contribution is -2.52. The predicted octanol–water partition coefficient (Wildman–Crippen LogP) is -0.357. The summed E-state index contributed by atoms with van der Waals surface area (Å²) in [7, 11) is 0. The number of amides is 2. The fraction of sp³-hybridized carbons (Fsp3) is 0.750. The molecule has 1 saturated carbocycles. The SMILES string of the molecule is CSC[C@@H](C(=O)[O-])N1C(=O)[C@H]2CCCC[C@@H]2C1=O. The van der Waals surface area contributed by atoms with Gasteiger partial charge in [0.25, 0.3) is 0 Å². The molecule has 100 valence electrons. The van der Waals surface area contributed by atoms with Crippen molar-refractivity contribution < 1.29 is 19.5 Å². The molecule has 2 rings (SSSR count). The zero-order valence-electron chi connectivity index (χ0n) is 10.3. The summed E-state index contributed by atoms with van der Waals surface area (Å²) in [5.74, 6) is -2.37. The van der Waals surface area contributed by atoms with E-state index >= 15 is 0 Å². The number of imide groups is 1. The summed E-state index contributed by atoms with van der Waals surface area (Å²) in [6.07, 6.45) is 5.02. The summed E-state index contributed by atoms with van der Waals surface area (Å²) < 4.78 is 0. The summed E-state index contributed by atoms with van der Waals surface area (Å²) in [5.41, 5.74) is 0. The van der Waals surface area contributed by atoms with Crippen LogP contribution in [0.5, 0.6) is 0 Å². The smallest absolute Gasteiger partial charge is 0.233 e. The third kappa shape index (κ3) is 2.13. The van der Waals surface area contributed by atoms with Crippen molar-refractivity contribution in [2.75, 3.05) is 12.0 Å². The minimum absolute atomic E-state index is 0.194. The van der Waals surface area contributed by atoms with E-state index in [9.17, 15) is 19.5 Å². The first-order valence-electron chi connectivity index (χ1n) is 6.14. The molecule has 0 unspecified atom stereocenters. The quantitative estimate of drug-likeness (QED) is 0.652. The molecule has 0 aromatic heterocycles. The molecule has 6 heteroatoms. The van der Waals surface area contributed by atoms with Gasteiger partial charge in [0.1, 0.15) is 0 Å². The number of thioether (sulfide) groups is 1. The Hall–Kier alpha value is -1.04. The molecular formula is C12H16NO4S-. The zero-order valence-corrected chi connectivity index (χ0v) is 11.1. The van der Waals surface area contributed by atoms with Gasteiger partial charge in [0.05, 0.1) is 23.8 Å². The standard InChI is InChI=1S/C12H17NO4S/c1-18-6-9(12(16)17)13-10(14)7-4-2-3-5-8(7)11(13)15/h7-9H,2-6H2,1H3,(H,16,17)/p-1/t7-,8-,9-/m0/s1. The lowest BCUT2D eigenvalue weighted by atomic mass is 9.81. The molecule has 0 aromatic rings. The molecule has 2 aliphatic rings. The van der Waals surface area contributed by atoms with Crippen molar-refractivity contribution >= 4 is 29.5 Å². The molecule has 1 aliphatic carbocycles. The number of carboxylic acid groups (broad SMARTS) is 1. The number of hydrogen-bond donors (Lipinski definition) is 0. The highest BCUT2D eigenvalue weighted by atomic mass is 32.2. The minimum atomic E-state index is -1.34. The molecule has 0 aromatic carbocycles. The molecule has 0 spiro atoms. The van der Waals surface area contributed by atoms with Crippen LogP contribution in [0.1, 0.15) is 25.7 Å². The number of carboxylic acids is 1. The molecule has 1 heterocycles. The van der Waals surface area contributed by atoms with Crippen LogP contribution in [-0.4, -0.2) is 40.7 Å². The lowest BCUT2D eigenvalue weighted by Gasteiger charge is -2.26. The van der Waals surface area contributed by atoms with Gasteiger partial charge >= 0.3 is 0 Å². The highest BCUT2D eigenvalue weighted by Gasteiger charge is 2.50. The van der Waals surface area contributed by atoms with E-state index in [1.54, 1.807) is 6.26 Å². The van der Waals surface area contributed by atoms with Crippen LogP contribution >= 0.6 is 11.8 Å². The van der Waals surface area contributed by atoms with Gasteiger partial charge in [0.15, 0.2) is 0 Å². The first-order chi connectivity index (χ1) is 8.57. The van der Waals surface area contributed by atoms with Gasteiger partial charge in [-0.15, -0.1) is 0 Å². The van der Waals surface area contributed by atoms with Crippen molar-refractivity contribution in [2.45, 2.75) is 31.7 Å². The molecule has 2 fully saturated rings. The fourth-order valence-electron chi connectivity index (χ4n) is 2.90. The Labute approximate surface area is 110 Å². The molecule has 0 bridgehead atoms. The van der Waals surface area contributed by atoms with Gasteiger partial charge in [-0.05, 0) is 19.1 Å². The van der Waals surface area contributed by atoms with Crippen molar-refractivity contribution in [2.24, 2.45) is 11.8 Å². The van der Waals surface area contributed by atoms with E-state index in [1.165, 1.54) is 11.8 Å². The van der Waals surface area contributed by atoms with Crippen LogP contribution in [0.3, 0.4) is 0 Å². The summed E-state index contributed by atoms with van der Waals surface area (Å²) in [6, 6.07) is -1.12. The van der Waals surface area contributed by atoms with Crippen LogP contribution in [0.4, 0.5) is 0 Å². The zero-order chi connectivity index (χ0) is 13.3. The molecule has 18 heavy (non-hydrogen) atoms. The number of fused-ring (bicyclic) bond motifs is 1. The topological polar surface area (TPSA) is 77.5 Å². The maximum Gasteiger partial charge on any atom is 0.233 e. The first kappa shape index (κ1) is 13.4. The van der Waals surface area contributed by atoms with E-state index < -0.39 is 12.0 Å². The Morgan fingerprint density at radius 1 is 1.33 bits per heavy atom. The average Bonchev–Trinajstić information content (AvgIpc) is 2.60. The maximum absolute atomic E-state index is 12.2. The fourth-order valence-corrected chi connectivity index (χ4v) is 3.50. The van der Waals surface area contributed by atoms with Gasteiger partial charge in [0.2, 0.25) is 11.8 Å². The largest absolute Gasteiger partial charge is 0.548 e. The van der Waals surface area contributed by atoms with Crippen LogP contribution in [0.2, 0.25) is 0 Å². The summed E-state index contributed by atoms with van der Waals surface area (Å²) in [6.45, 7) is 0. The maximum atomic E-state index is 12.2. The highest BCUT2D eigenvalue weighted by molar-refractivity contribution is 7.98. The third-order valence-electron chi connectivity index (χ3n) is 3.78. The van der Waals surface area contributed by atoms with Gasteiger partial charge in [-0.3, -0.25) is 14.5 Å². The lowest BCUT2D eigenvalue weighted by molar-refractivity contribution is -0.310. The van der Waals surface area contributed by atoms with E-state index in [-0.39, 0.29) is 29.4 Å². The number of hydrogen-bond acceptors (Lipinski definition) is 5.